The number of aromatic carboxylic acids is 1. The fraction of sp³-hybridized carbons (Fsp3) is 0.375. The van der Waals surface area contributed by atoms with E-state index in [4.69, 9.17) is 4.74 Å². The maximum atomic E-state index is 11.2. The number of benzene rings is 1. The SMILES string of the molecule is COc1ccnc(N2CC=C3C(C)(C)C(c4ccc(C(=O)O)cc4)=CC[C@]3(C)C2)n1. The molecule has 2 aliphatic rings. The average Bonchev–Trinajstić information content (AvgIpc) is 2.73. The van der Waals surface area contributed by atoms with Crippen LogP contribution in [0.4, 0.5) is 5.95 Å². The smallest absolute Gasteiger partial charge is 0.335 e. The molecule has 0 fully saturated rings. The van der Waals surface area contributed by atoms with Crippen LogP contribution in [0.5, 0.6) is 5.88 Å². The molecule has 6 nitrogen and oxygen atoms in total. The van der Waals surface area contributed by atoms with Gasteiger partial charge in [0.05, 0.1) is 12.7 Å². The molecule has 0 radical (unpaired) electrons. The highest BCUT2D eigenvalue weighted by Gasteiger charge is 2.46. The van der Waals surface area contributed by atoms with Crippen molar-refractivity contribution in [1.82, 2.24) is 9.97 Å². The molecule has 1 aliphatic carbocycles. The Morgan fingerprint density at radius 1 is 1.13 bits per heavy atom. The van der Waals surface area contributed by atoms with E-state index in [2.05, 4.69) is 47.8 Å². The largest absolute Gasteiger partial charge is 0.481 e. The Balaban J connectivity index is 1.65. The summed E-state index contributed by atoms with van der Waals surface area (Å²) in [6, 6.07) is 8.95. The third kappa shape index (κ3) is 3.36. The van der Waals surface area contributed by atoms with Gasteiger partial charge in [0.15, 0.2) is 0 Å². The van der Waals surface area contributed by atoms with E-state index in [0.29, 0.717) is 17.4 Å². The lowest BCUT2D eigenvalue weighted by Crippen LogP contribution is -2.47. The van der Waals surface area contributed by atoms with E-state index in [1.165, 1.54) is 11.1 Å². The van der Waals surface area contributed by atoms with Gasteiger partial charge in [-0.2, -0.15) is 4.98 Å². The van der Waals surface area contributed by atoms with Crippen molar-refractivity contribution in [1.29, 1.82) is 0 Å². The lowest BCUT2D eigenvalue weighted by molar-refractivity contribution is 0.0697. The predicted molar refractivity (Wildman–Crippen MR) is 117 cm³/mol. The van der Waals surface area contributed by atoms with Crippen molar-refractivity contribution >= 4 is 17.5 Å². The molecule has 0 saturated carbocycles. The number of methoxy groups -OCH3 is 1. The molecule has 0 saturated heterocycles. The molecule has 156 valence electrons. The van der Waals surface area contributed by atoms with E-state index in [1.54, 1.807) is 31.5 Å². The monoisotopic (exact) mass is 405 g/mol. The standard InChI is InChI=1S/C24H27N3O3/c1-23(2)18(16-5-7-17(8-6-16)21(28)29)9-12-24(3)15-27(14-11-19(23)24)22-25-13-10-20(26-22)30-4/h5-11,13H,12,14-15H2,1-4H3,(H,28,29)/t24-/m1/s1. The number of carboxylic acid groups (broad SMARTS) is 1. The summed E-state index contributed by atoms with van der Waals surface area (Å²) in [6.07, 6.45) is 7.25. The Kier molecular flexibility index (Phi) is 4.88. The van der Waals surface area contributed by atoms with Crippen LogP contribution in [0.1, 0.15) is 43.1 Å². The normalized spacial score (nSPS) is 22.6. The molecule has 0 spiro atoms. The molecule has 6 heteroatoms. The Labute approximate surface area is 176 Å². The number of rotatable bonds is 4. The van der Waals surface area contributed by atoms with Crippen molar-refractivity contribution in [3.8, 4) is 5.88 Å². The van der Waals surface area contributed by atoms with Gasteiger partial charge in [0.25, 0.3) is 0 Å². The quantitative estimate of drug-likeness (QED) is 0.758. The number of ether oxygens (including phenoxy) is 1. The number of hydrogen-bond acceptors (Lipinski definition) is 5. The van der Waals surface area contributed by atoms with E-state index in [1.807, 2.05) is 12.1 Å². The minimum absolute atomic E-state index is 0.0291. The summed E-state index contributed by atoms with van der Waals surface area (Å²) in [5, 5.41) is 9.18. The number of carbonyl (C=O) groups is 1. The zero-order valence-corrected chi connectivity index (χ0v) is 17.8. The summed E-state index contributed by atoms with van der Waals surface area (Å²) in [5.74, 6) is 0.347. The number of hydrogen-bond donors (Lipinski definition) is 1. The second kappa shape index (κ2) is 7.27. The minimum atomic E-state index is -0.902. The third-order valence-electron chi connectivity index (χ3n) is 6.36. The maximum Gasteiger partial charge on any atom is 0.335 e. The van der Waals surface area contributed by atoms with E-state index in [0.717, 1.165) is 25.1 Å². The molecular formula is C24H27N3O3. The summed E-state index contributed by atoms with van der Waals surface area (Å²) in [7, 11) is 1.61. The zero-order valence-electron chi connectivity index (χ0n) is 17.8. The average molecular weight is 405 g/mol. The fourth-order valence-corrected chi connectivity index (χ4v) is 4.95. The van der Waals surface area contributed by atoms with Gasteiger partial charge in [-0.3, -0.25) is 0 Å². The second-order valence-electron chi connectivity index (χ2n) is 8.79. The van der Waals surface area contributed by atoms with Crippen LogP contribution in [-0.2, 0) is 0 Å². The van der Waals surface area contributed by atoms with Gasteiger partial charge in [-0.05, 0) is 29.7 Å². The predicted octanol–water partition coefficient (Wildman–Crippen LogP) is 4.45. The molecule has 1 aromatic heterocycles. The van der Waals surface area contributed by atoms with Crippen molar-refractivity contribution in [2.24, 2.45) is 10.8 Å². The van der Waals surface area contributed by atoms with Crippen LogP contribution in [0.25, 0.3) is 5.57 Å². The molecule has 4 rings (SSSR count). The van der Waals surface area contributed by atoms with Crippen molar-refractivity contribution in [3.63, 3.8) is 0 Å². The molecule has 0 amide bonds. The number of carboxylic acids is 1. The summed E-state index contributed by atoms with van der Waals surface area (Å²) in [5.41, 5.74) is 3.86. The van der Waals surface area contributed by atoms with Crippen LogP contribution in [0, 0.1) is 10.8 Å². The number of allylic oxidation sites excluding steroid dienone is 2. The van der Waals surface area contributed by atoms with E-state index < -0.39 is 5.97 Å². The molecule has 2 aromatic rings. The lowest BCUT2D eigenvalue weighted by Gasteiger charge is -2.50. The van der Waals surface area contributed by atoms with Crippen LogP contribution in [0.15, 0.2) is 54.3 Å². The fourth-order valence-electron chi connectivity index (χ4n) is 4.95. The first-order chi connectivity index (χ1) is 14.2. The topological polar surface area (TPSA) is 75.5 Å². The van der Waals surface area contributed by atoms with Gasteiger partial charge in [0.1, 0.15) is 0 Å². The van der Waals surface area contributed by atoms with Crippen LogP contribution >= 0.6 is 0 Å². The molecule has 30 heavy (non-hydrogen) atoms. The van der Waals surface area contributed by atoms with E-state index in [9.17, 15) is 9.90 Å². The summed E-state index contributed by atoms with van der Waals surface area (Å²) in [4.78, 5) is 22.3. The van der Waals surface area contributed by atoms with Gasteiger partial charge in [-0.25, -0.2) is 9.78 Å². The summed E-state index contributed by atoms with van der Waals surface area (Å²) < 4.78 is 5.26. The van der Waals surface area contributed by atoms with Gasteiger partial charge >= 0.3 is 5.97 Å². The second-order valence-corrected chi connectivity index (χ2v) is 8.79. The summed E-state index contributed by atoms with van der Waals surface area (Å²) >= 11 is 0. The Morgan fingerprint density at radius 3 is 2.53 bits per heavy atom. The highest BCUT2D eigenvalue weighted by Crippen LogP contribution is 2.55. The number of nitrogens with zero attached hydrogens (tertiary/aromatic N) is 3. The molecular weight excluding hydrogens is 378 g/mol. The van der Waals surface area contributed by atoms with Crippen LogP contribution in [-0.4, -0.2) is 41.2 Å². The number of fused-ring (bicyclic) bond motifs is 1. The lowest BCUT2D eigenvalue weighted by atomic mass is 9.58. The first-order valence-electron chi connectivity index (χ1n) is 10.1. The van der Waals surface area contributed by atoms with Crippen molar-refractivity contribution < 1.29 is 14.6 Å². The zero-order chi connectivity index (χ0) is 21.5. The van der Waals surface area contributed by atoms with Gasteiger partial charge in [0, 0.05) is 36.2 Å². The van der Waals surface area contributed by atoms with Gasteiger partial charge < -0.3 is 14.7 Å². The van der Waals surface area contributed by atoms with Crippen LogP contribution < -0.4 is 9.64 Å². The Morgan fingerprint density at radius 2 is 1.87 bits per heavy atom. The Bertz CT molecular complexity index is 1040. The first kappa shape index (κ1) is 20.1. The number of anilines is 1. The summed E-state index contributed by atoms with van der Waals surface area (Å²) in [6.45, 7) is 8.38. The van der Waals surface area contributed by atoms with Gasteiger partial charge in [0.2, 0.25) is 11.8 Å². The number of aromatic nitrogens is 2. The highest BCUT2D eigenvalue weighted by atomic mass is 16.5. The molecule has 0 bridgehead atoms. The Hall–Kier alpha value is -3.15. The van der Waals surface area contributed by atoms with Crippen molar-refractivity contribution in [3.05, 3.63) is 65.4 Å². The van der Waals surface area contributed by atoms with Crippen LogP contribution in [0.3, 0.4) is 0 Å². The van der Waals surface area contributed by atoms with E-state index in [-0.39, 0.29) is 10.8 Å². The van der Waals surface area contributed by atoms with Crippen molar-refractivity contribution in [2.75, 3.05) is 25.1 Å². The maximum absolute atomic E-state index is 11.2. The highest BCUT2D eigenvalue weighted by molar-refractivity contribution is 5.88. The van der Waals surface area contributed by atoms with Crippen LogP contribution in [0.2, 0.25) is 0 Å². The molecule has 1 N–H and O–H groups in total. The molecule has 1 aliphatic heterocycles. The first-order valence-corrected chi connectivity index (χ1v) is 10.1. The molecule has 0 unspecified atom stereocenters. The van der Waals surface area contributed by atoms with Gasteiger partial charge in [-0.15, -0.1) is 0 Å². The minimum Gasteiger partial charge on any atom is -0.481 e. The van der Waals surface area contributed by atoms with Gasteiger partial charge in [-0.1, -0.05) is 50.6 Å². The molecule has 1 aromatic carbocycles. The molecule has 1 atom stereocenters. The third-order valence-corrected chi connectivity index (χ3v) is 6.36. The van der Waals surface area contributed by atoms with Crippen molar-refractivity contribution in [2.45, 2.75) is 27.2 Å². The molecule has 2 heterocycles. The van der Waals surface area contributed by atoms with E-state index >= 15 is 0 Å².